The topological polar surface area (TPSA) is 48.9 Å². The highest BCUT2D eigenvalue weighted by Gasteiger charge is 2.23. The molecule has 2 aromatic rings. The normalized spacial score (nSPS) is 15.5. The number of nitrogens with zero attached hydrogens (tertiary/aromatic N) is 2. The Hall–Kier alpha value is -1.87. The summed E-state index contributed by atoms with van der Waals surface area (Å²) in [6.45, 7) is 3.31. The molecule has 7 heteroatoms. The molecule has 158 valence electrons. The number of hydrogen-bond donors (Lipinski definition) is 2. The molecule has 1 saturated heterocycles. The van der Waals surface area contributed by atoms with E-state index in [9.17, 15) is 4.39 Å². The zero-order valence-electron chi connectivity index (χ0n) is 17.0. The third-order valence-corrected chi connectivity index (χ3v) is 5.17. The number of nitrogens with one attached hydrogen (secondary N) is 2. The molecular formula is C22H30FIN4O. The number of methoxy groups -OCH3 is 1. The number of ether oxygens (including phenoxy) is 1. The summed E-state index contributed by atoms with van der Waals surface area (Å²) in [5.41, 5.74) is 1.87. The average molecular weight is 512 g/mol. The van der Waals surface area contributed by atoms with Crippen molar-refractivity contribution in [3.8, 4) is 5.75 Å². The lowest BCUT2D eigenvalue weighted by Gasteiger charge is -2.29. The van der Waals surface area contributed by atoms with Crippen molar-refractivity contribution in [3.05, 3.63) is 65.5 Å². The summed E-state index contributed by atoms with van der Waals surface area (Å²) < 4.78 is 19.1. The van der Waals surface area contributed by atoms with Crippen LogP contribution in [0.3, 0.4) is 0 Å². The quantitative estimate of drug-likeness (QED) is 0.335. The van der Waals surface area contributed by atoms with Gasteiger partial charge in [-0.2, -0.15) is 0 Å². The summed E-state index contributed by atoms with van der Waals surface area (Å²) in [6.07, 6.45) is 2.46. The van der Waals surface area contributed by atoms with E-state index < -0.39 is 0 Å². The Morgan fingerprint density at radius 3 is 2.41 bits per heavy atom. The zero-order chi connectivity index (χ0) is 19.8. The van der Waals surface area contributed by atoms with Crippen molar-refractivity contribution < 1.29 is 9.13 Å². The predicted molar refractivity (Wildman–Crippen MR) is 127 cm³/mol. The molecule has 2 N–H and O–H groups in total. The van der Waals surface area contributed by atoms with Crippen LogP contribution >= 0.6 is 24.0 Å². The molecule has 3 rings (SSSR count). The first kappa shape index (κ1) is 23.4. The van der Waals surface area contributed by atoms with E-state index in [-0.39, 0.29) is 35.8 Å². The number of hydrogen-bond acceptors (Lipinski definition) is 3. The Bertz CT molecular complexity index is 779. The Balaban J connectivity index is 0.00000300. The molecule has 0 aromatic heterocycles. The Labute approximate surface area is 189 Å². The van der Waals surface area contributed by atoms with E-state index in [0.717, 1.165) is 25.4 Å². The maximum Gasteiger partial charge on any atom is 0.191 e. The fraction of sp³-hybridized carbons (Fsp3) is 0.409. The molecular weight excluding hydrogens is 482 g/mol. The van der Waals surface area contributed by atoms with Crippen LogP contribution in [0.2, 0.25) is 0 Å². The van der Waals surface area contributed by atoms with Crippen LogP contribution < -0.4 is 15.4 Å². The van der Waals surface area contributed by atoms with Gasteiger partial charge in [-0.05, 0) is 49.7 Å². The van der Waals surface area contributed by atoms with E-state index in [1.165, 1.54) is 24.5 Å². The lowest BCUT2D eigenvalue weighted by Crippen LogP contribution is -2.42. The number of rotatable bonds is 7. The molecule has 0 bridgehead atoms. The molecule has 5 nitrogen and oxygen atoms in total. The van der Waals surface area contributed by atoms with Crippen molar-refractivity contribution in [1.82, 2.24) is 15.5 Å². The predicted octanol–water partition coefficient (Wildman–Crippen LogP) is 3.95. The highest BCUT2D eigenvalue weighted by Crippen LogP contribution is 2.26. The summed E-state index contributed by atoms with van der Waals surface area (Å²) >= 11 is 0. The second kappa shape index (κ2) is 12.0. The lowest BCUT2D eigenvalue weighted by atomic mass is 10.1. The Morgan fingerprint density at radius 1 is 1.10 bits per heavy atom. The summed E-state index contributed by atoms with van der Waals surface area (Å²) in [4.78, 5) is 6.78. The first-order chi connectivity index (χ1) is 13.7. The Kier molecular flexibility index (Phi) is 9.66. The van der Waals surface area contributed by atoms with Gasteiger partial charge in [0.1, 0.15) is 11.6 Å². The van der Waals surface area contributed by atoms with Crippen molar-refractivity contribution in [2.24, 2.45) is 4.99 Å². The van der Waals surface area contributed by atoms with Gasteiger partial charge in [0, 0.05) is 25.7 Å². The smallest absolute Gasteiger partial charge is 0.191 e. The molecule has 2 aromatic carbocycles. The van der Waals surface area contributed by atoms with Gasteiger partial charge in [0.15, 0.2) is 5.96 Å². The van der Waals surface area contributed by atoms with Gasteiger partial charge in [-0.3, -0.25) is 9.89 Å². The fourth-order valence-corrected chi connectivity index (χ4v) is 3.57. The second-order valence-electron chi connectivity index (χ2n) is 6.93. The fourth-order valence-electron chi connectivity index (χ4n) is 3.57. The van der Waals surface area contributed by atoms with E-state index in [4.69, 9.17) is 4.74 Å². The summed E-state index contributed by atoms with van der Waals surface area (Å²) in [5, 5.41) is 6.61. The van der Waals surface area contributed by atoms with Crippen LogP contribution in [0.15, 0.2) is 53.5 Å². The van der Waals surface area contributed by atoms with Crippen LogP contribution in [-0.4, -0.2) is 44.7 Å². The molecule has 1 aliphatic rings. The van der Waals surface area contributed by atoms with Crippen LogP contribution in [0.25, 0.3) is 0 Å². The minimum absolute atomic E-state index is 0. The van der Waals surface area contributed by atoms with Gasteiger partial charge in [0.05, 0.1) is 13.2 Å². The maximum absolute atomic E-state index is 13.8. The largest absolute Gasteiger partial charge is 0.497 e. The molecule has 1 aliphatic heterocycles. The number of halogens is 2. The molecule has 0 radical (unpaired) electrons. The highest BCUT2D eigenvalue weighted by atomic mass is 127. The van der Waals surface area contributed by atoms with Gasteiger partial charge in [-0.15, -0.1) is 24.0 Å². The van der Waals surface area contributed by atoms with Crippen molar-refractivity contribution in [3.63, 3.8) is 0 Å². The minimum Gasteiger partial charge on any atom is -0.497 e. The third-order valence-electron chi connectivity index (χ3n) is 5.17. The number of benzene rings is 2. The molecule has 0 saturated carbocycles. The van der Waals surface area contributed by atoms with E-state index in [0.29, 0.717) is 18.1 Å². The number of guanidine groups is 1. The average Bonchev–Trinajstić information content (AvgIpc) is 3.26. The maximum atomic E-state index is 13.8. The standard InChI is InChI=1S/C22H29FN4O.HI/c1-24-22(25-15-18-7-3-4-8-20(18)23)26-16-21(27-13-5-6-14-27)17-9-11-19(28-2)12-10-17;/h3-4,7-12,21H,5-6,13-16H2,1-2H3,(H2,24,25,26);1H. The van der Waals surface area contributed by atoms with Gasteiger partial charge < -0.3 is 15.4 Å². The molecule has 0 aliphatic carbocycles. The number of aliphatic imine (C=N–C) groups is 1. The van der Waals surface area contributed by atoms with Gasteiger partial charge in [-0.25, -0.2) is 4.39 Å². The zero-order valence-corrected chi connectivity index (χ0v) is 19.4. The van der Waals surface area contributed by atoms with Crippen LogP contribution in [0.1, 0.15) is 30.0 Å². The van der Waals surface area contributed by atoms with Crippen LogP contribution in [0.5, 0.6) is 5.75 Å². The third kappa shape index (κ3) is 6.57. The van der Waals surface area contributed by atoms with Crippen LogP contribution in [0.4, 0.5) is 4.39 Å². The molecule has 1 heterocycles. The van der Waals surface area contributed by atoms with Gasteiger partial charge in [-0.1, -0.05) is 30.3 Å². The summed E-state index contributed by atoms with van der Waals surface area (Å²) in [6, 6.07) is 15.3. The molecule has 0 amide bonds. The monoisotopic (exact) mass is 512 g/mol. The van der Waals surface area contributed by atoms with Crippen molar-refractivity contribution in [2.75, 3.05) is 33.8 Å². The van der Waals surface area contributed by atoms with Gasteiger partial charge in [0.2, 0.25) is 0 Å². The lowest BCUT2D eigenvalue weighted by molar-refractivity contribution is 0.245. The molecule has 29 heavy (non-hydrogen) atoms. The van der Waals surface area contributed by atoms with Crippen LogP contribution in [-0.2, 0) is 6.54 Å². The SMILES string of the molecule is CN=C(NCc1ccccc1F)NCC(c1ccc(OC)cc1)N1CCCC1.I. The Morgan fingerprint density at radius 2 is 1.79 bits per heavy atom. The summed E-state index contributed by atoms with van der Waals surface area (Å²) in [5.74, 6) is 1.32. The van der Waals surface area contributed by atoms with Gasteiger partial charge >= 0.3 is 0 Å². The van der Waals surface area contributed by atoms with E-state index in [1.807, 2.05) is 18.2 Å². The minimum atomic E-state index is -0.210. The molecule has 1 fully saturated rings. The molecule has 1 unspecified atom stereocenters. The van der Waals surface area contributed by atoms with E-state index in [2.05, 4.69) is 32.7 Å². The van der Waals surface area contributed by atoms with E-state index >= 15 is 0 Å². The van der Waals surface area contributed by atoms with Crippen molar-refractivity contribution in [1.29, 1.82) is 0 Å². The highest BCUT2D eigenvalue weighted by molar-refractivity contribution is 14.0. The van der Waals surface area contributed by atoms with Crippen molar-refractivity contribution >= 4 is 29.9 Å². The van der Waals surface area contributed by atoms with E-state index in [1.54, 1.807) is 26.3 Å². The van der Waals surface area contributed by atoms with Crippen LogP contribution in [0, 0.1) is 5.82 Å². The van der Waals surface area contributed by atoms with Gasteiger partial charge in [0.25, 0.3) is 0 Å². The second-order valence-corrected chi connectivity index (χ2v) is 6.93. The molecule has 1 atom stereocenters. The molecule has 0 spiro atoms. The first-order valence-corrected chi connectivity index (χ1v) is 9.77. The number of likely N-dealkylation sites (tertiary alicyclic amines) is 1. The van der Waals surface area contributed by atoms with Crippen molar-refractivity contribution in [2.45, 2.75) is 25.4 Å². The first-order valence-electron chi connectivity index (χ1n) is 9.77. The summed E-state index contributed by atoms with van der Waals surface area (Å²) in [7, 11) is 3.41.